The Morgan fingerprint density at radius 1 is 1.02 bits per heavy atom. The number of ketones is 4. The highest BCUT2D eigenvalue weighted by atomic mass is 16.4. The standard InChI is InChI=1S/C37H48O8/c1-7-11-22(39)18-26-35(5)24(17-16-21-12-8-9-13-21)23-14-10-15-25(40)28(23)32(42)30(35)34(44)37(45)33(43)27(20(4)38)31(41)29(19(2)3)36(26,37)6/h10,14-15,19,21,24,26,29,40-41,44-45H,7-9,11-13,16-18H2,1-6H3/t24-,26-,29?,35-,36-,37+/m1/s1. The molecule has 1 fully saturated rings. The van der Waals surface area contributed by atoms with Crippen LogP contribution in [0.2, 0.25) is 0 Å². The number of carbonyl (C=O) groups excluding carboxylic acids is 4. The molecule has 4 aliphatic carbocycles. The van der Waals surface area contributed by atoms with Crippen molar-refractivity contribution in [2.24, 2.45) is 34.5 Å². The van der Waals surface area contributed by atoms with Crippen molar-refractivity contribution in [1.82, 2.24) is 0 Å². The number of carbonyl (C=O) groups is 4. The van der Waals surface area contributed by atoms with Crippen LogP contribution in [0.25, 0.3) is 0 Å². The predicted octanol–water partition coefficient (Wildman–Crippen LogP) is 6.84. The van der Waals surface area contributed by atoms with Crippen LogP contribution in [0.15, 0.2) is 40.9 Å². The number of benzene rings is 1. The topological polar surface area (TPSA) is 149 Å². The zero-order valence-corrected chi connectivity index (χ0v) is 27.4. The van der Waals surface area contributed by atoms with Gasteiger partial charge in [-0.2, -0.15) is 0 Å². The van der Waals surface area contributed by atoms with Crippen molar-refractivity contribution in [2.75, 3.05) is 0 Å². The van der Waals surface area contributed by atoms with E-state index in [9.17, 15) is 39.6 Å². The van der Waals surface area contributed by atoms with Gasteiger partial charge in [0.05, 0.1) is 5.56 Å². The van der Waals surface area contributed by atoms with E-state index in [1.54, 1.807) is 26.8 Å². The fourth-order valence-corrected chi connectivity index (χ4v) is 10.1. The molecule has 244 valence electrons. The van der Waals surface area contributed by atoms with Gasteiger partial charge in [-0.25, -0.2) is 0 Å². The van der Waals surface area contributed by atoms with E-state index in [0.29, 0.717) is 24.3 Å². The Kier molecular flexibility index (Phi) is 8.48. The van der Waals surface area contributed by atoms with Gasteiger partial charge in [0.25, 0.3) is 0 Å². The van der Waals surface area contributed by atoms with Gasteiger partial charge in [0, 0.05) is 35.2 Å². The number of aromatic hydroxyl groups is 1. The minimum atomic E-state index is -2.78. The molecule has 0 aliphatic heterocycles. The smallest absolute Gasteiger partial charge is 0.209 e. The molecule has 4 aliphatic rings. The fraction of sp³-hybridized carbons (Fsp3) is 0.622. The maximum Gasteiger partial charge on any atom is 0.209 e. The quantitative estimate of drug-likeness (QED) is 0.219. The molecule has 4 N–H and O–H groups in total. The number of aliphatic hydroxyl groups excluding tert-OH is 2. The number of aliphatic hydroxyl groups is 3. The molecule has 1 saturated carbocycles. The number of rotatable bonds is 9. The van der Waals surface area contributed by atoms with Gasteiger partial charge in [-0.05, 0) is 61.5 Å². The third-order valence-corrected chi connectivity index (χ3v) is 12.0. The SMILES string of the molecule is CCCC(=O)C[C@@H]1[C@]2(C)C(=C(O)[C@@]3(O)C(=O)C(C(C)=O)=C(O)C(C(C)C)[C@@]13C)C(=O)c1c(O)cccc1[C@H]2CCC1CCCC1. The summed E-state index contributed by atoms with van der Waals surface area (Å²) in [6, 6.07) is 4.91. The van der Waals surface area contributed by atoms with Crippen molar-refractivity contribution in [3.05, 3.63) is 52.0 Å². The molecule has 0 aromatic heterocycles. The van der Waals surface area contributed by atoms with Gasteiger partial charge >= 0.3 is 0 Å². The van der Waals surface area contributed by atoms with E-state index in [0.717, 1.165) is 39.0 Å². The van der Waals surface area contributed by atoms with E-state index in [4.69, 9.17) is 0 Å². The molecule has 8 nitrogen and oxygen atoms in total. The summed E-state index contributed by atoms with van der Waals surface area (Å²) in [6.45, 7) is 10.1. The Bertz CT molecular complexity index is 1510. The first kappa shape index (κ1) is 33.1. The molecule has 45 heavy (non-hydrogen) atoms. The van der Waals surface area contributed by atoms with E-state index in [1.165, 1.54) is 6.07 Å². The number of phenols is 1. The zero-order valence-electron chi connectivity index (χ0n) is 27.4. The lowest BCUT2D eigenvalue weighted by atomic mass is 9.37. The first-order valence-electron chi connectivity index (χ1n) is 16.6. The Morgan fingerprint density at radius 3 is 2.24 bits per heavy atom. The first-order valence-corrected chi connectivity index (χ1v) is 16.6. The average Bonchev–Trinajstić information content (AvgIpc) is 3.47. The Labute approximate surface area is 265 Å². The molecular weight excluding hydrogens is 572 g/mol. The van der Waals surface area contributed by atoms with Crippen LogP contribution in [-0.2, 0) is 14.4 Å². The van der Waals surface area contributed by atoms with E-state index in [2.05, 4.69) is 0 Å². The van der Waals surface area contributed by atoms with Gasteiger partial charge < -0.3 is 20.4 Å². The van der Waals surface area contributed by atoms with Crippen LogP contribution in [0.4, 0.5) is 0 Å². The highest BCUT2D eigenvalue weighted by molar-refractivity contribution is 6.25. The number of phenolic OH excluding ortho intramolecular Hbond substituents is 1. The summed E-state index contributed by atoms with van der Waals surface area (Å²) in [6.07, 6.45) is 6.61. The van der Waals surface area contributed by atoms with Crippen molar-refractivity contribution in [3.63, 3.8) is 0 Å². The van der Waals surface area contributed by atoms with Crippen LogP contribution in [0.5, 0.6) is 5.75 Å². The number of fused-ring (bicyclic) bond motifs is 3. The second kappa shape index (κ2) is 11.5. The average molecular weight is 621 g/mol. The molecule has 8 heteroatoms. The van der Waals surface area contributed by atoms with E-state index < -0.39 is 74.5 Å². The largest absolute Gasteiger partial charge is 0.511 e. The summed E-state index contributed by atoms with van der Waals surface area (Å²) in [5, 5.41) is 47.8. The monoisotopic (exact) mass is 620 g/mol. The van der Waals surface area contributed by atoms with Gasteiger partial charge in [-0.15, -0.1) is 0 Å². The molecule has 1 aromatic rings. The zero-order chi connectivity index (χ0) is 33.2. The molecule has 0 amide bonds. The molecule has 0 saturated heterocycles. The molecule has 0 radical (unpaired) electrons. The van der Waals surface area contributed by atoms with Crippen LogP contribution in [0.1, 0.15) is 121 Å². The fourth-order valence-electron chi connectivity index (χ4n) is 10.1. The summed E-state index contributed by atoms with van der Waals surface area (Å²) in [4.78, 5) is 55.4. The summed E-state index contributed by atoms with van der Waals surface area (Å²) >= 11 is 0. The lowest BCUT2D eigenvalue weighted by molar-refractivity contribution is -0.194. The maximum absolute atomic E-state index is 14.6. The van der Waals surface area contributed by atoms with Crippen molar-refractivity contribution < 1.29 is 39.6 Å². The highest BCUT2D eigenvalue weighted by Crippen LogP contribution is 2.71. The summed E-state index contributed by atoms with van der Waals surface area (Å²) in [5.41, 5.74) is -5.90. The molecular formula is C37H48O8. The molecule has 0 bridgehead atoms. The Morgan fingerprint density at radius 2 is 1.67 bits per heavy atom. The van der Waals surface area contributed by atoms with Crippen LogP contribution < -0.4 is 0 Å². The third kappa shape index (κ3) is 4.49. The number of hydrogen-bond acceptors (Lipinski definition) is 8. The number of hydrogen-bond donors (Lipinski definition) is 4. The van der Waals surface area contributed by atoms with Crippen molar-refractivity contribution >= 4 is 23.1 Å². The van der Waals surface area contributed by atoms with Crippen LogP contribution >= 0.6 is 0 Å². The second-order valence-corrected chi connectivity index (χ2v) is 14.8. The van der Waals surface area contributed by atoms with Gasteiger partial charge in [0.2, 0.25) is 5.78 Å². The Hall–Kier alpha value is -3.26. The van der Waals surface area contributed by atoms with Crippen molar-refractivity contribution in [2.45, 2.75) is 111 Å². The van der Waals surface area contributed by atoms with E-state index >= 15 is 0 Å². The number of Topliss-reactive ketones (excluding diaryl/α,β-unsaturated/α-hetero) is 4. The van der Waals surface area contributed by atoms with Crippen molar-refractivity contribution in [1.29, 1.82) is 0 Å². The summed E-state index contributed by atoms with van der Waals surface area (Å²) in [7, 11) is 0. The van der Waals surface area contributed by atoms with Crippen LogP contribution in [0.3, 0.4) is 0 Å². The molecule has 0 spiro atoms. The third-order valence-electron chi connectivity index (χ3n) is 12.0. The van der Waals surface area contributed by atoms with Gasteiger partial charge in [0.1, 0.15) is 28.6 Å². The normalized spacial score (nSPS) is 33.4. The lowest BCUT2D eigenvalue weighted by Gasteiger charge is -2.65. The summed E-state index contributed by atoms with van der Waals surface area (Å²) < 4.78 is 0. The second-order valence-electron chi connectivity index (χ2n) is 14.8. The van der Waals surface area contributed by atoms with Crippen molar-refractivity contribution in [3.8, 4) is 5.75 Å². The predicted molar refractivity (Wildman–Crippen MR) is 169 cm³/mol. The molecule has 0 heterocycles. The summed E-state index contributed by atoms with van der Waals surface area (Å²) in [5.74, 6) is -6.65. The minimum absolute atomic E-state index is 0.0210. The minimum Gasteiger partial charge on any atom is -0.511 e. The van der Waals surface area contributed by atoms with Crippen LogP contribution in [0, 0.1) is 34.5 Å². The molecule has 5 rings (SSSR count). The Balaban J connectivity index is 1.89. The van der Waals surface area contributed by atoms with E-state index in [-0.39, 0.29) is 35.5 Å². The molecule has 6 atom stereocenters. The maximum atomic E-state index is 14.6. The van der Waals surface area contributed by atoms with Crippen LogP contribution in [-0.4, -0.2) is 49.2 Å². The highest BCUT2D eigenvalue weighted by Gasteiger charge is 2.76. The molecule has 1 unspecified atom stereocenters. The van der Waals surface area contributed by atoms with Gasteiger partial charge in [-0.1, -0.05) is 72.4 Å². The molecule has 1 aromatic carbocycles. The van der Waals surface area contributed by atoms with Gasteiger partial charge in [-0.3, -0.25) is 19.2 Å². The number of allylic oxidation sites excluding steroid dienone is 2. The van der Waals surface area contributed by atoms with E-state index in [1.807, 2.05) is 19.9 Å². The lowest BCUT2D eigenvalue weighted by Crippen LogP contribution is -2.71. The van der Waals surface area contributed by atoms with Gasteiger partial charge in [0.15, 0.2) is 17.2 Å². The first-order chi connectivity index (χ1) is 21.1.